The first-order valence-corrected chi connectivity index (χ1v) is 6.69. The van der Waals surface area contributed by atoms with Crippen molar-refractivity contribution in [2.45, 2.75) is 12.5 Å². The van der Waals surface area contributed by atoms with Crippen molar-refractivity contribution < 1.29 is 24.1 Å². The highest BCUT2D eigenvalue weighted by Crippen LogP contribution is 2.33. The molecule has 0 heterocycles. The highest BCUT2D eigenvalue weighted by molar-refractivity contribution is 9.10. The Morgan fingerprint density at radius 1 is 1.30 bits per heavy atom. The molecule has 112 valence electrons. The molecule has 0 saturated heterocycles. The summed E-state index contributed by atoms with van der Waals surface area (Å²) < 4.78 is 16.3. The van der Waals surface area contributed by atoms with Gasteiger partial charge in [-0.05, 0) is 40.0 Å². The molecule has 0 aliphatic carbocycles. The summed E-state index contributed by atoms with van der Waals surface area (Å²) in [6.07, 6.45) is -0.650. The van der Waals surface area contributed by atoms with Crippen LogP contribution in [0.4, 0.5) is 4.79 Å². The summed E-state index contributed by atoms with van der Waals surface area (Å²) in [5, 5.41) is 11.2. The van der Waals surface area contributed by atoms with Gasteiger partial charge in [-0.3, -0.25) is 0 Å². The van der Waals surface area contributed by atoms with Crippen LogP contribution in [0.3, 0.4) is 0 Å². The van der Waals surface area contributed by atoms with Crippen molar-refractivity contribution in [3.63, 3.8) is 0 Å². The van der Waals surface area contributed by atoms with Crippen molar-refractivity contribution in [3.05, 3.63) is 22.2 Å². The van der Waals surface area contributed by atoms with Crippen molar-refractivity contribution in [1.82, 2.24) is 5.32 Å². The van der Waals surface area contributed by atoms with Gasteiger partial charge in [0.15, 0.2) is 0 Å². The van der Waals surface area contributed by atoms with Crippen molar-refractivity contribution in [2.24, 2.45) is 0 Å². The van der Waals surface area contributed by atoms with Gasteiger partial charge in [-0.2, -0.15) is 0 Å². The second-order valence-corrected chi connectivity index (χ2v) is 4.96. The first kappa shape index (κ1) is 16.6. The summed E-state index contributed by atoms with van der Waals surface area (Å²) in [7, 11) is 4.65. The number of benzene rings is 1. The van der Waals surface area contributed by atoms with E-state index >= 15 is 0 Å². The first-order valence-electron chi connectivity index (χ1n) is 5.90. The fourth-order valence-electron chi connectivity index (χ4n) is 1.88. The van der Waals surface area contributed by atoms with Gasteiger partial charge in [0.1, 0.15) is 11.5 Å². The average molecular weight is 348 g/mol. The zero-order valence-electron chi connectivity index (χ0n) is 11.6. The predicted octanol–water partition coefficient (Wildman–Crippen LogP) is 2.29. The maximum Gasteiger partial charge on any atom is 0.404 e. The number of carbonyl (C=O) groups is 1. The summed E-state index contributed by atoms with van der Waals surface area (Å²) in [6, 6.07) is 3.24. The van der Waals surface area contributed by atoms with E-state index in [9.17, 15) is 4.79 Å². The van der Waals surface area contributed by atoms with E-state index in [2.05, 4.69) is 21.2 Å². The number of amides is 1. The summed E-state index contributed by atoms with van der Waals surface area (Å²) in [6.45, 7) is 0.272. The predicted molar refractivity (Wildman–Crippen MR) is 77.8 cm³/mol. The van der Waals surface area contributed by atoms with Gasteiger partial charge in [0.25, 0.3) is 0 Å². The Hall–Kier alpha value is -1.47. The standard InChI is InChI=1S/C13H18BrNO5/c1-18-7-9(15-13(16)17)4-8-5-12(20-3)10(14)6-11(8)19-2/h5-6,9,15H,4,7H2,1-3H3,(H,16,17). The van der Waals surface area contributed by atoms with Crippen LogP contribution in [0.1, 0.15) is 5.56 Å². The minimum Gasteiger partial charge on any atom is -0.496 e. The Morgan fingerprint density at radius 3 is 2.45 bits per heavy atom. The monoisotopic (exact) mass is 347 g/mol. The van der Waals surface area contributed by atoms with Crippen molar-refractivity contribution in [3.8, 4) is 11.5 Å². The molecule has 20 heavy (non-hydrogen) atoms. The van der Waals surface area contributed by atoms with Crippen molar-refractivity contribution in [1.29, 1.82) is 0 Å². The number of halogens is 1. The molecule has 1 aromatic rings. The average Bonchev–Trinajstić information content (AvgIpc) is 2.39. The van der Waals surface area contributed by atoms with Gasteiger partial charge in [0.05, 0.1) is 31.3 Å². The smallest absolute Gasteiger partial charge is 0.404 e. The van der Waals surface area contributed by atoms with Gasteiger partial charge in [-0.1, -0.05) is 0 Å². The Bertz CT molecular complexity index is 466. The molecule has 0 aromatic heterocycles. The lowest BCUT2D eigenvalue weighted by atomic mass is 10.0. The van der Waals surface area contributed by atoms with Crippen LogP contribution in [0.2, 0.25) is 0 Å². The summed E-state index contributed by atoms with van der Waals surface area (Å²) in [4.78, 5) is 10.8. The third-order valence-corrected chi connectivity index (χ3v) is 3.34. The molecule has 0 fully saturated rings. The Kier molecular flexibility index (Phi) is 6.60. The molecule has 0 saturated carbocycles. The quantitative estimate of drug-likeness (QED) is 0.791. The molecule has 7 heteroatoms. The van der Waals surface area contributed by atoms with Gasteiger partial charge in [-0.15, -0.1) is 0 Å². The maximum absolute atomic E-state index is 10.8. The zero-order valence-corrected chi connectivity index (χ0v) is 13.2. The molecule has 1 rings (SSSR count). The lowest BCUT2D eigenvalue weighted by molar-refractivity contribution is 0.151. The van der Waals surface area contributed by atoms with Crippen LogP contribution in [0.25, 0.3) is 0 Å². The Balaban J connectivity index is 3.00. The van der Waals surface area contributed by atoms with E-state index in [1.165, 1.54) is 7.11 Å². The fourth-order valence-corrected chi connectivity index (χ4v) is 2.36. The van der Waals surface area contributed by atoms with E-state index in [0.29, 0.717) is 17.9 Å². The third-order valence-electron chi connectivity index (χ3n) is 2.72. The zero-order chi connectivity index (χ0) is 15.1. The fraction of sp³-hybridized carbons (Fsp3) is 0.462. The minimum absolute atomic E-state index is 0.272. The van der Waals surface area contributed by atoms with Gasteiger partial charge in [0.2, 0.25) is 0 Å². The van der Waals surface area contributed by atoms with E-state index in [0.717, 1.165) is 10.0 Å². The number of methoxy groups -OCH3 is 3. The SMILES string of the molecule is COCC(Cc1cc(OC)c(Br)cc1OC)NC(=O)O. The molecule has 0 spiro atoms. The summed E-state index contributed by atoms with van der Waals surface area (Å²) in [5.41, 5.74) is 0.836. The third kappa shape index (κ3) is 4.57. The molecule has 0 radical (unpaired) electrons. The first-order chi connectivity index (χ1) is 9.51. The van der Waals surface area contributed by atoms with Gasteiger partial charge < -0.3 is 24.6 Å². The number of rotatable bonds is 7. The van der Waals surface area contributed by atoms with Crippen LogP contribution in [0.15, 0.2) is 16.6 Å². The second kappa shape index (κ2) is 7.96. The van der Waals surface area contributed by atoms with Gasteiger partial charge in [-0.25, -0.2) is 4.79 Å². The number of hydrogen-bond donors (Lipinski definition) is 2. The molecule has 1 unspecified atom stereocenters. The van der Waals surface area contributed by atoms with E-state index in [-0.39, 0.29) is 12.6 Å². The number of hydrogen-bond acceptors (Lipinski definition) is 4. The van der Waals surface area contributed by atoms with E-state index in [4.69, 9.17) is 19.3 Å². The van der Waals surface area contributed by atoms with Gasteiger partial charge >= 0.3 is 6.09 Å². The van der Waals surface area contributed by atoms with E-state index in [1.54, 1.807) is 20.3 Å². The highest BCUT2D eigenvalue weighted by Gasteiger charge is 2.17. The van der Waals surface area contributed by atoms with Gasteiger partial charge in [0, 0.05) is 7.11 Å². The lowest BCUT2D eigenvalue weighted by Gasteiger charge is -2.18. The van der Waals surface area contributed by atoms with Crippen LogP contribution in [-0.2, 0) is 11.2 Å². The minimum atomic E-state index is -1.09. The highest BCUT2D eigenvalue weighted by atomic mass is 79.9. The summed E-state index contributed by atoms with van der Waals surface area (Å²) >= 11 is 3.38. The number of carboxylic acid groups (broad SMARTS) is 1. The van der Waals surface area contributed by atoms with E-state index < -0.39 is 6.09 Å². The number of ether oxygens (including phenoxy) is 3. The molecular weight excluding hydrogens is 330 g/mol. The maximum atomic E-state index is 10.8. The molecule has 2 N–H and O–H groups in total. The molecule has 0 aliphatic heterocycles. The molecule has 1 aromatic carbocycles. The van der Waals surface area contributed by atoms with Crippen LogP contribution in [0.5, 0.6) is 11.5 Å². The number of nitrogens with one attached hydrogen (secondary N) is 1. The summed E-state index contributed by atoms with van der Waals surface area (Å²) in [5.74, 6) is 1.32. The normalized spacial score (nSPS) is 11.8. The van der Waals surface area contributed by atoms with Crippen LogP contribution < -0.4 is 14.8 Å². The molecule has 0 aliphatic rings. The molecule has 0 bridgehead atoms. The lowest BCUT2D eigenvalue weighted by Crippen LogP contribution is -2.38. The molecular formula is C13H18BrNO5. The largest absolute Gasteiger partial charge is 0.496 e. The Morgan fingerprint density at radius 2 is 1.95 bits per heavy atom. The molecule has 6 nitrogen and oxygen atoms in total. The second-order valence-electron chi connectivity index (χ2n) is 4.10. The van der Waals surface area contributed by atoms with Crippen LogP contribution in [-0.4, -0.2) is 45.2 Å². The Labute approximate surface area is 126 Å². The van der Waals surface area contributed by atoms with Crippen LogP contribution >= 0.6 is 15.9 Å². The van der Waals surface area contributed by atoms with Crippen molar-refractivity contribution in [2.75, 3.05) is 27.9 Å². The topological polar surface area (TPSA) is 77.0 Å². The van der Waals surface area contributed by atoms with E-state index in [1.807, 2.05) is 6.07 Å². The van der Waals surface area contributed by atoms with Crippen molar-refractivity contribution >= 4 is 22.0 Å². The molecule has 1 atom stereocenters. The van der Waals surface area contributed by atoms with Crippen LogP contribution in [0, 0.1) is 0 Å². The molecule has 1 amide bonds.